The van der Waals surface area contributed by atoms with Crippen molar-refractivity contribution in [3.05, 3.63) is 45.5 Å². The molecule has 0 saturated heterocycles. The summed E-state index contributed by atoms with van der Waals surface area (Å²) in [7, 11) is 1.34. The molecule has 0 spiro atoms. The summed E-state index contributed by atoms with van der Waals surface area (Å²) in [4.78, 5) is 14.1. The Morgan fingerprint density at radius 2 is 2.10 bits per heavy atom. The highest BCUT2D eigenvalue weighted by atomic mass is 32.1. The number of carbonyl (C=O) groups excluding carboxylic acids is 1. The van der Waals surface area contributed by atoms with E-state index in [0.717, 1.165) is 12.2 Å². The van der Waals surface area contributed by atoms with Gasteiger partial charge in [0.15, 0.2) is 0 Å². The minimum Gasteiger partial charge on any atom is -0.463 e. The van der Waals surface area contributed by atoms with Gasteiger partial charge in [-0.3, -0.25) is 0 Å². The van der Waals surface area contributed by atoms with Gasteiger partial charge in [0.1, 0.15) is 5.76 Å². The van der Waals surface area contributed by atoms with E-state index in [4.69, 9.17) is 4.42 Å². The van der Waals surface area contributed by atoms with Crippen molar-refractivity contribution >= 4 is 17.3 Å². The lowest BCUT2D eigenvalue weighted by atomic mass is 10.1. The van der Waals surface area contributed by atoms with Crippen LogP contribution in [0, 0.1) is 6.92 Å². The SMILES string of the molecule is COC(=O)c1ccc(C(C)NC(C)Cc2ccc(C)s2)o1. The number of hydrogen-bond donors (Lipinski definition) is 1. The van der Waals surface area contributed by atoms with Crippen molar-refractivity contribution in [1.82, 2.24) is 5.32 Å². The van der Waals surface area contributed by atoms with E-state index in [-0.39, 0.29) is 11.8 Å². The summed E-state index contributed by atoms with van der Waals surface area (Å²) in [6, 6.07) is 8.14. The van der Waals surface area contributed by atoms with Gasteiger partial charge < -0.3 is 14.5 Å². The predicted octanol–water partition coefficient (Wildman–Crippen LogP) is 3.72. The second kappa shape index (κ2) is 6.91. The molecular formula is C16H21NO3S. The molecule has 2 aromatic rings. The van der Waals surface area contributed by atoms with Crippen LogP contribution in [0.5, 0.6) is 0 Å². The summed E-state index contributed by atoms with van der Waals surface area (Å²) in [6.07, 6.45) is 0.980. The van der Waals surface area contributed by atoms with Gasteiger partial charge in [0.05, 0.1) is 13.2 Å². The molecule has 0 aliphatic carbocycles. The van der Waals surface area contributed by atoms with Crippen LogP contribution in [0.4, 0.5) is 0 Å². The van der Waals surface area contributed by atoms with E-state index in [9.17, 15) is 4.79 Å². The first kappa shape index (κ1) is 15.8. The van der Waals surface area contributed by atoms with E-state index in [0.29, 0.717) is 6.04 Å². The molecule has 0 bridgehead atoms. The van der Waals surface area contributed by atoms with Gasteiger partial charge in [0.2, 0.25) is 5.76 Å². The van der Waals surface area contributed by atoms with Crippen molar-refractivity contribution in [1.29, 1.82) is 0 Å². The van der Waals surface area contributed by atoms with E-state index in [1.54, 1.807) is 6.07 Å². The van der Waals surface area contributed by atoms with Crippen molar-refractivity contribution in [3.8, 4) is 0 Å². The fourth-order valence-corrected chi connectivity index (χ4v) is 3.28. The van der Waals surface area contributed by atoms with E-state index in [1.165, 1.54) is 16.9 Å². The molecule has 0 fully saturated rings. The van der Waals surface area contributed by atoms with Crippen LogP contribution >= 0.6 is 11.3 Å². The highest BCUT2D eigenvalue weighted by Gasteiger charge is 2.17. The number of nitrogens with one attached hydrogen (secondary N) is 1. The smallest absolute Gasteiger partial charge is 0.373 e. The zero-order valence-electron chi connectivity index (χ0n) is 12.8. The summed E-state index contributed by atoms with van der Waals surface area (Å²) < 4.78 is 10.2. The molecule has 0 radical (unpaired) electrons. The Labute approximate surface area is 129 Å². The summed E-state index contributed by atoms with van der Waals surface area (Å²) >= 11 is 1.83. The number of rotatable bonds is 6. The number of thiophene rings is 1. The van der Waals surface area contributed by atoms with Gasteiger partial charge in [-0.1, -0.05) is 0 Å². The standard InChI is InChI=1S/C16H21NO3S/c1-10(9-13-6-5-11(2)21-13)17-12(3)14-7-8-15(20-14)16(18)19-4/h5-8,10,12,17H,9H2,1-4H3. The second-order valence-corrected chi connectivity index (χ2v) is 6.57. The van der Waals surface area contributed by atoms with Gasteiger partial charge in [-0.25, -0.2) is 4.79 Å². The van der Waals surface area contributed by atoms with E-state index in [2.05, 4.69) is 36.0 Å². The first-order chi connectivity index (χ1) is 9.99. The van der Waals surface area contributed by atoms with Gasteiger partial charge >= 0.3 is 5.97 Å². The molecule has 4 nitrogen and oxygen atoms in total. The highest BCUT2D eigenvalue weighted by Crippen LogP contribution is 2.20. The number of ether oxygens (including phenoxy) is 1. The van der Waals surface area contributed by atoms with Gasteiger partial charge in [0.25, 0.3) is 0 Å². The third-order valence-corrected chi connectivity index (χ3v) is 4.30. The lowest BCUT2D eigenvalue weighted by Gasteiger charge is -2.17. The normalized spacial score (nSPS) is 13.9. The molecule has 2 atom stereocenters. The Hall–Kier alpha value is -1.59. The number of furan rings is 1. The summed E-state index contributed by atoms with van der Waals surface area (Å²) in [5.41, 5.74) is 0. The number of aryl methyl sites for hydroxylation is 1. The molecule has 21 heavy (non-hydrogen) atoms. The highest BCUT2D eigenvalue weighted by molar-refractivity contribution is 7.11. The van der Waals surface area contributed by atoms with Crippen molar-refractivity contribution < 1.29 is 13.9 Å². The molecule has 2 aromatic heterocycles. The first-order valence-electron chi connectivity index (χ1n) is 6.99. The number of hydrogen-bond acceptors (Lipinski definition) is 5. The Balaban J connectivity index is 1.92. The van der Waals surface area contributed by atoms with Crippen LogP contribution in [0.1, 0.15) is 46.0 Å². The van der Waals surface area contributed by atoms with E-state index in [1.807, 2.05) is 24.3 Å². The van der Waals surface area contributed by atoms with Crippen LogP contribution in [-0.2, 0) is 11.2 Å². The van der Waals surface area contributed by atoms with Gasteiger partial charge in [-0.15, -0.1) is 11.3 Å². The monoisotopic (exact) mass is 307 g/mol. The largest absolute Gasteiger partial charge is 0.463 e. The van der Waals surface area contributed by atoms with Crippen LogP contribution in [0.25, 0.3) is 0 Å². The van der Waals surface area contributed by atoms with Crippen molar-refractivity contribution in [3.63, 3.8) is 0 Å². The minimum atomic E-state index is -0.449. The van der Waals surface area contributed by atoms with Crippen LogP contribution < -0.4 is 5.32 Å². The molecule has 2 heterocycles. The quantitative estimate of drug-likeness (QED) is 0.826. The van der Waals surface area contributed by atoms with Gasteiger partial charge in [-0.05, 0) is 51.5 Å². The van der Waals surface area contributed by atoms with E-state index >= 15 is 0 Å². The fourth-order valence-electron chi connectivity index (χ4n) is 2.26. The lowest BCUT2D eigenvalue weighted by molar-refractivity contribution is 0.0562. The third kappa shape index (κ3) is 4.19. The molecule has 0 aliphatic heterocycles. The molecule has 2 rings (SSSR count). The molecule has 5 heteroatoms. The predicted molar refractivity (Wildman–Crippen MR) is 83.8 cm³/mol. The van der Waals surface area contributed by atoms with Gasteiger partial charge in [-0.2, -0.15) is 0 Å². The summed E-state index contributed by atoms with van der Waals surface area (Å²) in [5, 5.41) is 3.48. The Morgan fingerprint density at radius 3 is 2.71 bits per heavy atom. The summed E-state index contributed by atoms with van der Waals surface area (Å²) in [5.74, 6) is 0.530. The molecule has 0 aliphatic rings. The number of carbonyl (C=O) groups is 1. The van der Waals surface area contributed by atoms with Crippen LogP contribution in [0.2, 0.25) is 0 Å². The molecule has 0 saturated carbocycles. The zero-order chi connectivity index (χ0) is 15.4. The van der Waals surface area contributed by atoms with Crippen LogP contribution in [0.3, 0.4) is 0 Å². The van der Waals surface area contributed by atoms with Gasteiger partial charge in [0, 0.05) is 15.8 Å². The minimum absolute atomic E-state index is 0.0412. The maximum absolute atomic E-state index is 11.4. The maximum atomic E-state index is 11.4. The third-order valence-electron chi connectivity index (χ3n) is 3.28. The van der Waals surface area contributed by atoms with Crippen LogP contribution in [0.15, 0.2) is 28.7 Å². The average molecular weight is 307 g/mol. The van der Waals surface area contributed by atoms with Crippen molar-refractivity contribution in [2.75, 3.05) is 7.11 Å². The van der Waals surface area contributed by atoms with E-state index < -0.39 is 5.97 Å². The number of esters is 1. The maximum Gasteiger partial charge on any atom is 0.373 e. The molecular weight excluding hydrogens is 286 g/mol. The Morgan fingerprint density at radius 1 is 1.33 bits per heavy atom. The molecule has 1 N–H and O–H groups in total. The van der Waals surface area contributed by atoms with Crippen molar-refractivity contribution in [2.45, 2.75) is 39.3 Å². The first-order valence-corrected chi connectivity index (χ1v) is 7.80. The molecule has 2 unspecified atom stereocenters. The Bertz CT molecular complexity index is 602. The molecule has 0 amide bonds. The zero-order valence-corrected chi connectivity index (χ0v) is 13.6. The lowest BCUT2D eigenvalue weighted by Crippen LogP contribution is -2.30. The molecule has 0 aromatic carbocycles. The van der Waals surface area contributed by atoms with Crippen LogP contribution in [-0.4, -0.2) is 19.1 Å². The Kier molecular flexibility index (Phi) is 5.20. The average Bonchev–Trinajstić information content (AvgIpc) is 3.07. The molecule has 114 valence electrons. The summed E-state index contributed by atoms with van der Waals surface area (Å²) in [6.45, 7) is 6.29. The van der Waals surface area contributed by atoms with Crippen molar-refractivity contribution in [2.24, 2.45) is 0 Å². The second-order valence-electron chi connectivity index (χ2n) is 5.20. The number of methoxy groups -OCH3 is 1. The fraction of sp³-hybridized carbons (Fsp3) is 0.438. The topological polar surface area (TPSA) is 51.5 Å².